The van der Waals surface area contributed by atoms with Crippen molar-refractivity contribution in [1.29, 1.82) is 0 Å². The molecule has 1 saturated heterocycles. The van der Waals surface area contributed by atoms with Crippen LogP contribution in [0.15, 0.2) is 36.4 Å². The lowest BCUT2D eigenvalue weighted by molar-refractivity contribution is -0.124. The van der Waals surface area contributed by atoms with Crippen molar-refractivity contribution in [1.82, 2.24) is 10.2 Å². The SMILES string of the molecule is CCCNC(=O)C1CSC(c2cccc(F)c2)N1C(=O)c1cc(OC)c(OC)c(OC)c1. The third-order valence-corrected chi connectivity index (χ3v) is 6.46. The van der Waals surface area contributed by atoms with Crippen LogP contribution in [0.3, 0.4) is 0 Å². The minimum Gasteiger partial charge on any atom is -0.493 e. The Morgan fingerprint density at radius 1 is 1.12 bits per heavy atom. The van der Waals surface area contributed by atoms with Crippen LogP contribution in [0.2, 0.25) is 0 Å². The average molecular weight is 463 g/mol. The van der Waals surface area contributed by atoms with E-state index in [-0.39, 0.29) is 17.4 Å². The summed E-state index contributed by atoms with van der Waals surface area (Å²) in [5.74, 6) is 0.391. The van der Waals surface area contributed by atoms with Crippen molar-refractivity contribution >= 4 is 23.6 Å². The number of halogens is 1. The first-order valence-corrected chi connectivity index (χ1v) is 11.3. The first-order chi connectivity index (χ1) is 15.4. The molecule has 1 aliphatic rings. The van der Waals surface area contributed by atoms with Crippen LogP contribution in [0, 0.1) is 5.82 Å². The molecule has 0 aromatic heterocycles. The third kappa shape index (κ3) is 4.77. The van der Waals surface area contributed by atoms with Crippen molar-refractivity contribution in [3.8, 4) is 17.2 Å². The van der Waals surface area contributed by atoms with Crippen molar-refractivity contribution in [3.63, 3.8) is 0 Å². The zero-order valence-electron chi connectivity index (χ0n) is 18.5. The molecule has 1 heterocycles. The molecule has 2 unspecified atom stereocenters. The molecule has 2 aromatic rings. The normalized spacial score (nSPS) is 17.7. The molecular weight excluding hydrogens is 435 g/mol. The highest BCUT2D eigenvalue weighted by atomic mass is 32.2. The predicted octanol–water partition coefficient (Wildman–Crippen LogP) is 3.63. The van der Waals surface area contributed by atoms with Crippen LogP contribution in [0.25, 0.3) is 0 Å². The topological polar surface area (TPSA) is 77.1 Å². The van der Waals surface area contributed by atoms with Gasteiger partial charge in [0.15, 0.2) is 11.5 Å². The van der Waals surface area contributed by atoms with Crippen molar-refractivity contribution in [2.45, 2.75) is 24.8 Å². The molecule has 32 heavy (non-hydrogen) atoms. The Hall–Kier alpha value is -2.94. The van der Waals surface area contributed by atoms with Crippen LogP contribution < -0.4 is 19.5 Å². The Labute approximate surface area is 191 Å². The number of thioether (sulfide) groups is 1. The monoisotopic (exact) mass is 462 g/mol. The lowest BCUT2D eigenvalue weighted by atomic mass is 10.1. The van der Waals surface area contributed by atoms with E-state index in [1.165, 1.54) is 50.1 Å². The number of nitrogens with one attached hydrogen (secondary N) is 1. The molecule has 7 nitrogen and oxygen atoms in total. The summed E-state index contributed by atoms with van der Waals surface area (Å²) in [6.45, 7) is 2.47. The summed E-state index contributed by atoms with van der Waals surface area (Å²) in [5.41, 5.74) is 0.887. The Balaban J connectivity index is 2.05. The molecule has 0 spiro atoms. The largest absolute Gasteiger partial charge is 0.493 e. The van der Waals surface area contributed by atoms with E-state index in [1.54, 1.807) is 24.3 Å². The maximum atomic E-state index is 13.9. The maximum absolute atomic E-state index is 13.9. The van der Waals surface area contributed by atoms with E-state index in [0.717, 1.165) is 6.42 Å². The molecule has 2 atom stereocenters. The van der Waals surface area contributed by atoms with Gasteiger partial charge in [0.05, 0.1) is 21.3 Å². The Morgan fingerprint density at radius 2 is 1.81 bits per heavy atom. The molecule has 1 aliphatic heterocycles. The van der Waals surface area contributed by atoms with Gasteiger partial charge in [-0.1, -0.05) is 19.1 Å². The molecule has 0 aliphatic carbocycles. The fourth-order valence-electron chi connectivity index (χ4n) is 3.59. The first-order valence-electron chi connectivity index (χ1n) is 10.2. The van der Waals surface area contributed by atoms with Crippen LogP contribution in [-0.4, -0.2) is 56.4 Å². The average Bonchev–Trinajstić information content (AvgIpc) is 3.26. The summed E-state index contributed by atoms with van der Waals surface area (Å²) >= 11 is 1.42. The van der Waals surface area contributed by atoms with E-state index >= 15 is 0 Å². The van der Waals surface area contributed by atoms with E-state index in [4.69, 9.17) is 14.2 Å². The number of methoxy groups -OCH3 is 3. The second-order valence-corrected chi connectivity index (χ2v) is 8.29. The Bertz CT molecular complexity index is 962. The first kappa shape index (κ1) is 23.7. The van der Waals surface area contributed by atoms with E-state index < -0.39 is 17.2 Å². The minimum absolute atomic E-state index is 0.237. The van der Waals surface area contributed by atoms with E-state index in [9.17, 15) is 14.0 Å². The number of ether oxygens (including phenoxy) is 3. The number of hydrogen-bond donors (Lipinski definition) is 1. The number of carbonyl (C=O) groups excluding carboxylic acids is 2. The van der Waals surface area contributed by atoms with Crippen LogP contribution in [0.1, 0.15) is 34.6 Å². The molecule has 9 heteroatoms. The van der Waals surface area contributed by atoms with E-state index in [0.29, 0.717) is 35.1 Å². The molecular formula is C23H27FN2O5S. The lowest BCUT2D eigenvalue weighted by Gasteiger charge is -2.29. The van der Waals surface area contributed by atoms with Gasteiger partial charge in [-0.05, 0) is 36.2 Å². The fourth-order valence-corrected chi connectivity index (χ4v) is 5.01. The van der Waals surface area contributed by atoms with Crippen LogP contribution in [0.4, 0.5) is 4.39 Å². The summed E-state index contributed by atoms with van der Waals surface area (Å²) < 4.78 is 30.0. The van der Waals surface area contributed by atoms with E-state index in [2.05, 4.69) is 5.32 Å². The van der Waals surface area contributed by atoms with Gasteiger partial charge in [-0.15, -0.1) is 11.8 Å². The summed E-state index contributed by atoms with van der Waals surface area (Å²) in [7, 11) is 4.41. The van der Waals surface area contributed by atoms with Crippen LogP contribution >= 0.6 is 11.8 Å². The van der Waals surface area contributed by atoms with Gasteiger partial charge in [0.25, 0.3) is 5.91 Å². The van der Waals surface area contributed by atoms with Gasteiger partial charge in [0.2, 0.25) is 11.7 Å². The second kappa shape index (κ2) is 10.6. The zero-order chi connectivity index (χ0) is 23.3. The van der Waals surface area contributed by atoms with Gasteiger partial charge in [-0.25, -0.2) is 4.39 Å². The predicted molar refractivity (Wildman–Crippen MR) is 121 cm³/mol. The summed E-state index contributed by atoms with van der Waals surface area (Å²) in [4.78, 5) is 28.1. The van der Waals surface area contributed by atoms with Crippen LogP contribution in [0.5, 0.6) is 17.2 Å². The van der Waals surface area contributed by atoms with Gasteiger partial charge in [-0.3, -0.25) is 9.59 Å². The van der Waals surface area contributed by atoms with Crippen molar-refractivity contribution in [2.24, 2.45) is 0 Å². The number of nitrogens with zero attached hydrogens (tertiary/aromatic N) is 1. The third-order valence-electron chi connectivity index (χ3n) is 5.13. The standard InChI is InChI=1S/C23H27FN2O5S/c1-5-9-25-21(27)17-13-32-23(14-7-6-8-16(24)10-14)26(17)22(28)15-11-18(29-2)20(31-4)19(12-15)30-3/h6-8,10-12,17,23H,5,9,13H2,1-4H3,(H,25,27). The quantitative estimate of drug-likeness (QED) is 0.646. The Kier molecular flexibility index (Phi) is 7.84. The zero-order valence-corrected chi connectivity index (χ0v) is 19.3. The molecule has 0 bridgehead atoms. The van der Waals surface area contributed by atoms with Crippen molar-refractivity contribution < 1.29 is 28.2 Å². The highest BCUT2D eigenvalue weighted by molar-refractivity contribution is 7.99. The van der Waals surface area contributed by atoms with E-state index in [1.807, 2.05) is 6.92 Å². The maximum Gasteiger partial charge on any atom is 0.256 e. The summed E-state index contributed by atoms with van der Waals surface area (Å²) in [5, 5.41) is 2.35. The van der Waals surface area contributed by atoms with Gasteiger partial charge in [0.1, 0.15) is 17.2 Å². The molecule has 0 radical (unpaired) electrons. The molecule has 2 amide bonds. The summed E-state index contributed by atoms with van der Waals surface area (Å²) in [6.07, 6.45) is 0.778. The molecule has 1 N–H and O–H groups in total. The molecule has 3 rings (SSSR count). The second-order valence-electron chi connectivity index (χ2n) is 7.17. The van der Waals surface area contributed by atoms with Gasteiger partial charge < -0.3 is 24.4 Å². The number of carbonyl (C=O) groups is 2. The van der Waals surface area contributed by atoms with Gasteiger partial charge >= 0.3 is 0 Å². The number of hydrogen-bond acceptors (Lipinski definition) is 6. The number of amides is 2. The van der Waals surface area contributed by atoms with Gasteiger partial charge in [-0.2, -0.15) is 0 Å². The Morgan fingerprint density at radius 3 is 2.38 bits per heavy atom. The van der Waals surface area contributed by atoms with Crippen molar-refractivity contribution in [2.75, 3.05) is 33.6 Å². The smallest absolute Gasteiger partial charge is 0.256 e. The summed E-state index contributed by atoms with van der Waals surface area (Å²) in [6, 6.07) is 8.48. The number of benzene rings is 2. The van der Waals surface area contributed by atoms with Crippen LogP contribution in [-0.2, 0) is 4.79 Å². The minimum atomic E-state index is -0.702. The molecule has 2 aromatic carbocycles. The molecule has 172 valence electrons. The highest BCUT2D eigenvalue weighted by Crippen LogP contribution is 2.44. The highest BCUT2D eigenvalue weighted by Gasteiger charge is 2.43. The fraction of sp³-hybridized carbons (Fsp3) is 0.391. The van der Waals surface area contributed by atoms with Gasteiger partial charge in [0, 0.05) is 17.9 Å². The van der Waals surface area contributed by atoms with Crippen molar-refractivity contribution in [3.05, 3.63) is 53.3 Å². The number of rotatable bonds is 8. The molecule has 1 fully saturated rings. The lowest BCUT2D eigenvalue weighted by Crippen LogP contribution is -2.48. The molecule has 0 saturated carbocycles.